The van der Waals surface area contributed by atoms with Gasteiger partial charge in [-0.1, -0.05) is 17.3 Å². The van der Waals surface area contributed by atoms with Gasteiger partial charge in [-0.3, -0.25) is 4.79 Å². The van der Waals surface area contributed by atoms with Gasteiger partial charge in [0.25, 0.3) is 5.91 Å². The van der Waals surface area contributed by atoms with E-state index in [9.17, 15) is 4.79 Å². The lowest BCUT2D eigenvalue weighted by Crippen LogP contribution is -2.34. The van der Waals surface area contributed by atoms with Gasteiger partial charge in [0.05, 0.1) is 13.2 Å². The van der Waals surface area contributed by atoms with E-state index in [-0.39, 0.29) is 11.9 Å². The average Bonchev–Trinajstić information content (AvgIpc) is 2.94. The van der Waals surface area contributed by atoms with E-state index >= 15 is 0 Å². The van der Waals surface area contributed by atoms with E-state index in [1.165, 1.54) is 0 Å². The summed E-state index contributed by atoms with van der Waals surface area (Å²) < 4.78 is 10.2. The molecule has 0 aliphatic carbocycles. The van der Waals surface area contributed by atoms with Gasteiger partial charge in [0.1, 0.15) is 11.5 Å². The Labute approximate surface area is 130 Å². The molecule has 0 fully saturated rings. The van der Waals surface area contributed by atoms with Gasteiger partial charge in [-0.2, -0.15) is 0 Å². The van der Waals surface area contributed by atoms with Crippen molar-refractivity contribution < 1.29 is 14.1 Å². The number of nitrogens with one attached hydrogen (secondary N) is 1. The second kappa shape index (κ2) is 7.09. The maximum absolute atomic E-state index is 12.1. The van der Waals surface area contributed by atoms with E-state index in [0.717, 1.165) is 11.3 Å². The largest absolute Gasteiger partial charge is 0.497 e. The monoisotopic (exact) mass is 303 g/mol. The molecule has 6 nitrogen and oxygen atoms in total. The van der Waals surface area contributed by atoms with Gasteiger partial charge in [-0.05, 0) is 38.7 Å². The fourth-order valence-corrected chi connectivity index (χ4v) is 2.20. The molecule has 118 valence electrons. The number of nitrogens with zero attached hydrogens (tertiary/aromatic N) is 2. The smallest absolute Gasteiger partial charge is 0.273 e. The van der Waals surface area contributed by atoms with Crippen LogP contribution >= 0.6 is 0 Å². The third kappa shape index (κ3) is 3.85. The molecule has 2 aromatic rings. The molecule has 22 heavy (non-hydrogen) atoms. The predicted molar refractivity (Wildman–Crippen MR) is 83.0 cm³/mol. The Balaban J connectivity index is 2.07. The van der Waals surface area contributed by atoms with Crippen molar-refractivity contribution in [3.63, 3.8) is 0 Å². The lowest BCUT2D eigenvalue weighted by Gasteiger charge is -2.25. The third-order valence-electron chi connectivity index (χ3n) is 3.42. The Bertz CT molecular complexity index is 637. The fraction of sp³-hybridized carbons (Fsp3) is 0.375. The summed E-state index contributed by atoms with van der Waals surface area (Å²) in [5.74, 6) is 1.16. The number of ether oxygens (including phenoxy) is 1. The summed E-state index contributed by atoms with van der Waals surface area (Å²) in [6.45, 7) is 2.22. The lowest BCUT2D eigenvalue weighted by molar-refractivity contribution is 0.0933. The molecule has 0 saturated carbocycles. The number of amides is 1. The van der Waals surface area contributed by atoms with E-state index in [1.807, 2.05) is 43.3 Å². The molecule has 1 aromatic carbocycles. The van der Waals surface area contributed by atoms with Crippen LogP contribution in [0.1, 0.15) is 27.9 Å². The molecule has 1 amide bonds. The first-order chi connectivity index (χ1) is 10.5. The van der Waals surface area contributed by atoms with Crippen LogP contribution in [0.5, 0.6) is 5.75 Å². The second-order valence-corrected chi connectivity index (χ2v) is 5.29. The van der Waals surface area contributed by atoms with Gasteiger partial charge in [0, 0.05) is 12.6 Å². The molecule has 0 radical (unpaired) electrons. The number of aryl methyl sites for hydroxylation is 1. The molecule has 1 N–H and O–H groups in total. The summed E-state index contributed by atoms with van der Waals surface area (Å²) in [5, 5.41) is 6.60. The molecule has 0 saturated heterocycles. The molecular weight excluding hydrogens is 282 g/mol. The molecule has 1 aromatic heterocycles. The molecule has 1 atom stereocenters. The van der Waals surface area contributed by atoms with E-state index in [2.05, 4.69) is 10.5 Å². The van der Waals surface area contributed by atoms with Crippen LogP contribution in [0.15, 0.2) is 34.9 Å². The Morgan fingerprint density at radius 3 is 2.77 bits per heavy atom. The van der Waals surface area contributed by atoms with Crippen molar-refractivity contribution in [3.05, 3.63) is 47.3 Å². The van der Waals surface area contributed by atoms with Crippen molar-refractivity contribution in [2.75, 3.05) is 27.7 Å². The maximum Gasteiger partial charge on any atom is 0.273 e. The van der Waals surface area contributed by atoms with Gasteiger partial charge in [0.15, 0.2) is 5.69 Å². The third-order valence-corrected chi connectivity index (χ3v) is 3.42. The normalized spacial score (nSPS) is 12.2. The molecule has 6 heteroatoms. The molecule has 1 heterocycles. The number of rotatable bonds is 6. The number of benzene rings is 1. The van der Waals surface area contributed by atoms with Crippen molar-refractivity contribution in [1.82, 2.24) is 15.4 Å². The summed E-state index contributed by atoms with van der Waals surface area (Å²) >= 11 is 0. The van der Waals surface area contributed by atoms with Crippen LogP contribution in [0.2, 0.25) is 0 Å². The molecule has 0 aliphatic rings. The lowest BCUT2D eigenvalue weighted by atomic mass is 10.1. The number of hydrogen-bond acceptors (Lipinski definition) is 5. The number of hydrogen-bond donors (Lipinski definition) is 1. The van der Waals surface area contributed by atoms with Gasteiger partial charge in [-0.25, -0.2) is 0 Å². The minimum Gasteiger partial charge on any atom is -0.497 e. The van der Waals surface area contributed by atoms with E-state index in [1.54, 1.807) is 20.1 Å². The van der Waals surface area contributed by atoms with Crippen molar-refractivity contribution >= 4 is 5.91 Å². The van der Waals surface area contributed by atoms with Crippen LogP contribution in [-0.2, 0) is 0 Å². The van der Waals surface area contributed by atoms with Gasteiger partial charge in [-0.15, -0.1) is 0 Å². The van der Waals surface area contributed by atoms with Crippen molar-refractivity contribution in [2.45, 2.75) is 13.0 Å². The van der Waals surface area contributed by atoms with Gasteiger partial charge >= 0.3 is 0 Å². The number of likely N-dealkylation sites (N-methyl/N-ethyl adjacent to an activating group) is 1. The molecule has 1 unspecified atom stereocenters. The summed E-state index contributed by atoms with van der Waals surface area (Å²) in [4.78, 5) is 14.1. The summed E-state index contributed by atoms with van der Waals surface area (Å²) in [5.41, 5.74) is 1.36. The minimum atomic E-state index is -0.244. The summed E-state index contributed by atoms with van der Waals surface area (Å²) in [6.07, 6.45) is 0. The molecule has 2 rings (SSSR count). The molecular formula is C16H21N3O3. The average molecular weight is 303 g/mol. The Morgan fingerprint density at radius 1 is 1.41 bits per heavy atom. The zero-order valence-electron chi connectivity index (χ0n) is 13.3. The zero-order chi connectivity index (χ0) is 16.1. The topological polar surface area (TPSA) is 67.6 Å². The van der Waals surface area contributed by atoms with Crippen LogP contribution in [0.4, 0.5) is 0 Å². The summed E-state index contributed by atoms with van der Waals surface area (Å²) in [7, 11) is 5.57. The molecule has 0 aliphatic heterocycles. The minimum absolute atomic E-state index is 0.0343. The Hall–Kier alpha value is -2.34. The second-order valence-electron chi connectivity index (χ2n) is 5.29. The van der Waals surface area contributed by atoms with Gasteiger partial charge in [0.2, 0.25) is 0 Å². The van der Waals surface area contributed by atoms with Gasteiger partial charge < -0.3 is 19.5 Å². The first kappa shape index (κ1) is 16.0. The fourth-order valence-electron chi connectivity index (χ4n) is 2.20. The number of carbonyl (C=O) groups excluding carboxylic acids is 1. The van der Waals surface area contributed by atoms with Crippen LogP contribution in [0.25, 0.3) is 0 Å². The van der Waals surface area contributed by atoms with Crippen LogP contribution in [0, 0.1) is 6.92 Å². The standard InChI is InChI=1S/C16H21N3O3/c1-11-8-14(18-22-11)16(20)17-10-15(19(2)3)12-6-5-7-13(9-12)21-4/h5-9,15H,10H2,1-4H3,(H,17,20). The first-order valence-electron chi connectivity index (χ1n) is 7.03. The van der Waals surface area contributed by atoms with Crippen LogP contribution in [0.3, 0.4) is 0 Å². The van der Waals surface area contributed by atoms with Crippen LogP contribution in [-0.4, -0.2) is 43.7 Å². The maximum atomic E-state index is 12.1. The van der Waals surface area contributed by atoms with Crippen molar-refractivity contribution in [3.8, 4) is 5.75 Å². The van der Waals surface area contributed by atoms with Crippen molar-refractivity contribution in [1.29, 1.82) is 0 Å². The first-order valence-corrected chi connectivity index (χ1v) is 7.03. The number of aromatic nitrogens is 1. The highest BCUT2D eigenvalue weighted by Gasteiger charge is 2.18. The quantitative estimate of drug-likeness (QED) is 0.884. The Morgan fingerprint density at radius 2 is 2.18 bits per heavy atom. The van der Waals surface area contributed by atoms with E-state index in [4.69, 9.17) is 9.26 Å². The van der Waals surface area contributed by atoms with Crippen LogP contribution < -0.4 is 10.1 Å². The van der Waals surface area contributed by atoms with Crippen molar-refractivity contribution in [2.24, 2.45) is 0 Å². The Kier molecular flexibility index (Phi) is 5.16. The SMILES string of the molecule is COc1cccc(C(CNC(=O)c2cc(C)on2)N(C)C)c1. The number of carbonyl (C=O) groups is 1. The summed E-state index contributed by atoms with van der Waals surface area (Å²) in [6, 6.07) is 9.47. The zero-order valence-corrected chi connectivity index (χ0v) is 13.3. The highest BCUT2D eigenvalue weighted by atomic mass is 16.5. The predicted octanol–water partition coefficient (Wildman–Crippen LogP) is 2.02. The highest BCUT2D eigenvalue weighted by molar-refractivity contribution is 5.92. The van der Waals surface area contributed by atoms with E-state index < -0.39 is 0 Å². The number of methoxy groups -OCH3 is 1. The molecule has 0 spiro atoms. The highest BCUT2D eigenvalue weighted by Crippen LogP contribution is 2.22. The van der Waals surface area contributed by atoms with E-state index in [0.29, 0.717) is 18.0 Å². The molecule has 0 bridgehead atoms.